The van der Waals surface area contributed by atoms with Gasteiger partial charge in [-0.25, -0.2) is 0 Å². The monoisotopic (exact) mass is 264 g/mol. The average Bonchev–Trinajstić information content (AvgIpc) is 3.26. The van der Waals surface area contributed by atoms with Gasteiger partial charge in [0.25, 0.3) is 0 Å². The molecule has 19 heavy (non-hydrogen) atoms. The molecule has 1 atom stereocenters. The van der Waals surface area contributed by atoms with Crippen LogP contribution in [0.4, 0.5) is 0 Å². The molecule has 1 N–H and O–H groups in total. The smallest absolute Gasteiger partial charge is 0.245 e. The van der Waals surface area contributed by atoms with E-state index in [1.165, 1.54) is 25.7 Å². The normalized spacial score (nSPS) is 28.5. The van der Waals surface area contributed by atoms with Crippen molar-refractivity contribution in [3.8, 4) is 0 Å². The maximum Gasteiger partial charge on any atom is 0.245 e. The number of rotatable bonds is 5. The molecule has 4 nitrogen and oxygen atoms in total. The highest BCUT2D eigenvalue weighted by atomic mass is 16.2. The Morgan fingerprint density at radius 1 is 1.21 bits per heavy atom. The van der Waals surface area contributed by atoms with Gasteiger partial charge in [-0.3, -0.25) is 9.59 Å². The average molecular weight is 264 g/mol. The minimum atomic E-state index is -0.297. The lowest BCUT2D eigenvalue weighted by atomic mass is 9.97. The maximum atomic E-state index is 12.5. The largest absolute Gasteiger partial charge is 0.344 e. The van der Waals surface area contributed by atoms with E-state index >= 15 is 0 Å². The Morgan fingerprint density at radius 2 is 1.84 bits per heavy atom. The standard InChI is InChI=1S/C15H24N2O2/c1-2-13-15(19)17(8-7-14(18)16-13)9-12(10-3-4-10)11-5-6-11/h10-13H,2-9H2,1H3,(H,16,18). The van der Waals surface area contributed by atoms with Crippen molar-refractivity contribution in [2.75, 3.05) is 13.1 Å². The molecule has 1 aliphatic heterocycles. The minimum Gasteiger partial charge on any atom is -0.344 e. The molecule has 3 aliphatic rings. The van der Waals surface area contributed by atoms with Crippen molar-refractivity contribution in [3.63, 3.8) is 0 Å². The summed E-state index contributed by atoms with van der Waals surface area (Å²) in [6.07, 6.45) is 6.53. The molecule has 3 fully saturated rings. The molecule has 2 aliphatic carbocycles. The van der Waals surface area contributed by atoms with Gasteiger partial charge in [-0.05, 0) is 49.9 Å². The van der Waals surface area contributed by atoms with Gasteiger partial charge in [-0.15, -0.1) is 0 Å². The third kappa shape index (κ3) is 2.93. The van der Waals surface area contributed by atoms with E-state index in [1.807, 2.05) is 11.8 Å². The third-order valence-electron chi connectivity index (χ3n) is 4.85. The summed E-state index contributed by atoms with van der Waals surface area (Å²) in [5, 5.41) is 2.84. The van der Waals surface area contributed by atoms with Gasteiger partial charge >= 0.3 is 0 Å². The fourth-order valence-corrected chi connectivity index (χ4v) is 3.34. The molecule has 1 saturated heterocycles. The first-order chi connectivity index (χ1) is 9.19. The molecule has 1 unspecified atom stereocenters. The molecule has 0 spiro atoms. The van der Waals surface area contributed by atoms with Crippen LogP contribution < -0.4 is 5.32 Å². The fourth-order valence-electron chi connectivity index (χ4n) is 3.34. The van der Waals surface area contributed by atoms with Crippen LogP contribution in [0.1, 0.15) is 45.4 Å². The molecular formula is C15H24N2O2. The van der Waals surface area contributed by atoms with Crippen LogP contribution in [0.3, 0.4) is 0 Å². The Balaban J connectivity index is 1.67. The molecule has 1 heterocycles. The first-order valence-corrected chi connectivity index (χ1v) is 7.77. The lowest BCUT2D eigenvalue weighted by Gasteiger charge is -2.28. The predicted molar refractivity (Wildman–Crippen MR) is 72.4 cm³/mol. The second kappa shape index (κ2) is 5.14. The van der Waals surface area contributed by atoms with Crippen LogP contribution in [0, 0.1) is 17.8 Å². The van der Waals surface area contributed by atoms with Crippen molar-refractivity contribution >= 4 is 11.8 Å². The van der Waals surface area contributed by atoms with Gasteiger partial charge in [0, 0.05) is 19.5 Å². The van der Waals surface area contributed by atoms with Crippen molar-refractivity contribution in [1.29, 1.82) is 0 Å². The summed E-state index contributed by atoms with van der Waals surface area (Å²) in [7, 11) is 0. The molecule has 106 valence electrons. The van der Waals surface area contributed by atoms with E-state index in [0.29, 0.717) is 25.3 Å². The number of carbonyl (C=O) groups excluding carboxylic acids is 2. The molecule has 0 aromatic carbocycles. The zero-order chi connectivity index (χ0) is 13.4. The summed E-state index contributed by atoms with van der Waals surface area (Å²) < 4.78 is 0. The van der Waals surface area contributed by atoms with Gasteiger partial charge in [0.05, 0.1) is 0 Å². The maximum absolute atomic E-state index is 12.5. The van der Waals surface area contributed by atoms with E-state index in [-0.39, 0.29) is 17.9 Å². The van der Waals surface area contributed by atoms with Gasteiger partial charge in [0.2, 0.25) is 11.8 Å². The first-order valence-electron chi connectivity index (χ1n) is 7.77. The predicted octanol–water partition coefficient (Wildman–Crippen LogP) is 1.55. The van der Waals surface area contributed by atoms with Crippen LogP contribution in [-0.4, -0.2) is 35.8 Å². The Kier molecular flexibility index (Phi) is 3.50. The molecule has 0 radical (unpaired) electrons. The second-order valence-electron chi connectivity index (χ2n) is 6.40. The highest BCUT2D eigenvalue weighted by Gasteiger charge is 2.43. The summed E-state index contributed by atoms with van der Waals surface area (Å²) >= 11 is 0. The number of amides is 2. The van der Waals surface area contributed by atoms with Gasteiger partial charge in [-0.2, -0.15) is 0 Å². The quantitative estimate of drug-likeness (QED) is 0.819. The van der Waals surface area contributed by atoms with Crippen molar-refractivity contribution in [2.24, 2.45) is 17.8 Å². The van der Waals surface area contributed by atoms with Crippen LogP contribution in [0.25, 0.3) is 0 Å². The summed E-state index contributed by atoms with van der Waals surface area (Å²) in [5.74, 6) is 2.57. The van der Waals surface area contributed by atoms with E-state index in [0.717, 1.165) is 18.4 Å². The third-order valence-corrected chi connectivity index (χ3v) is 4.85. The highest BCUT2D eigenvalue weighted by molar-refractivity contribution is 5.89. The SMILES string of the molecule is CCC1NC(=O)CCN(CC(C2CC2)C2CC2)C1=O. The summed E-state index contributed by atoms with van der Waals surface area (Å²) in [5.41, 5.74) is 0. The molecule has 2 amide bonds. The van der Waals surface area contributed by atoms with E-state index in [4.69, 9.17) is 0 Å². The number of nitrogens with zero attached hydrogens (tertiary/aromatic N) is 1. The van der Waals surface area contributed by atoms with Crippen molar-refractivity contribution in [3.05, 3.63) is 0 Å². The Morgan fingerprint density at radius 3 is 2.37 bits per heavy atom. The topological polar surface area (TPSA) is 49.4 Å². The first kappa shape index (κ1) is 12.9. The number of hydrogen-bond acceptors (Lipinski definition) is 2. The Labute approximate surface area is 114 Å². The zero-order valence-electron chi connectivity index (χ0n) is 11.7. The molecule has 0 aromatic rings. The van der Waals surface area contributed by atoms with E-state index in [1.54, 1.807) is 0 Å². The van der Waals surface area contributed by atoms with E-state index < -0.39 is 0 Å². The van der Waals surface area contributed by atoms with Crippen LogP contribution in [-0.2, 0) is 9.59 Å². The molecular weight excluding hydrogens is 240 g/mol. The summed E-state index contributed by atoms with van der Waals surface area (Å²) in [4.78, 5) is 26.1. The highest BCUT2D eigenvalue weighted by Crippen LogP contribution is 2.49. The van der Waals surface area contributed by atoms with Crippen LogP contribution >= 0.6 is 0 Å². The number of nitrogens with one attached hydrogen (secondary N) is 1. The Hall–Kier alpha value is -1.06. The van der Waals surface area contributed by atoms with Crippen molar-refractivity contribution in [2.45, 2.75) is 51.5 Å². The number of carbonyl (C=O) groups is 2. The Bertz CT molecular complexity index is 362. The van der Waals surface area contributed by atoms with Crippen LogP contribution in [0.2, 0.25) is 0 Å². The minimum absolute atomic E-state index is 0.0251. The number of hydrogen-bond donors (Lipinski definition) is 1. The van der Waals surface area contributed by atoms with Crippen molar-refractivity contribution < 1.29 is 9.59 Å². The molecule has 3 rings (SSSR count). The van der Waals surface area contributed by atoms with Crippen LogP contribution in [0.15, 0.2) is 0 Å². The van der Waals surface area contributed by atoms with E-state index in [2.05, 4.69) is 5.32 Å². The van der Waals surface area contributed by atoms with Crippen LogP contribution in [0.5, 0.6) is 0 Å². The lowest BCUT2D eigenvalue weighted by molar-refractivity contribution is -0.134. The summed E-state index contributed by atoms with van der Waals surface area (Å²) in [6.45, 7) is 3.46. The molecule has 4 heteroatoms. The second-order valence-corrected chi connectivity index (χ2v) is 6.40. The molecule has 2 saturated carbocycles. The van der Waals surface area contributed by atoms with Gasteiger partial charge in [0.15, 0.2) is 0 Å². The lowest BCUT2D eigenvalue weighted by Crippen LogP contribution is -2.46. The summed E-state index contributed by atoms with van der Waals surface area (Å²) in [6, 6.07) is -0.297. The van der Waals surface area contributed by atoms with Crippen molar-refractivity contribution in [1.82, 2.24) is 10.2 Å². The molecule has 0 aromatic heterocycles. The van der Waals surface area contributed by atoms with Gasteiger partial charge in [0.1, 0.15) is 6.04 Å². The fraction of sp³-hybridized carbons (Fsp3) is 0.867. The molecule has 0 bridgehead atoms. The van der Waals surface area contributed by atoms with E-state index in [9.17, 15) is 9.59 Å². The van der Waals surface area contributed by atoms with Gasteiger partial charge in [-0.1, -0.05) is 6.92 Å². The zero-order valence-corrected chi connectivity index (χ0v) is 11.7. The van der Waals surface area contributed by atoms with Gasteiger partial charge < -0.3 is 10.2 Å².